The van der Waals surface area contributed by atoms with Crippen molar-refractivity contribution in [3.05, 3.63) is 76.2 Å². The summed E-state index contributed by atoms with van der Waals surface area (Å²) in [6, 6.07) is 11.2. The minimum atomic E-state index is -0.867. The fourth-order valence-electron chi connectivity index (χ4n) is 2.88. The SMILES string of the molecule is COC(=O)C(Cc1c[nH]c2ccccc12)NC(=O)/C=C/c1cc(Br)ccc1F. The maximum atomic E-state index is 13.8. The molecule has 0 fully saturated rings. The van der Waals surface area contributed by atoms with E-state index in [2.05, 4.69) is 26.2 Å². The number of halogens is 2. The molecule has 2 N–H and O–H groups in total. The van der Waals surface area contributed by atoms with E-state index in [1.807, 2.05) is 24.3 Å². The number of hydrogen-bond donors (Lipinski definition) is 2. The van der Waals surface area contributed by atoms with Crippen LogP contribution in [0.5, 0.6) is 0 Å². The van der Waals surface area contributed by atoms with Crippen molar-refractivity contribution in [2.45, 2.75) is 12.5 Å². The number of esters is 1. The van der Waals surface area contributed by atoms with Gasteiger partial charge in [-0.1, -0.05) is 34.1 Å². The Balaban J connectivity index is 1.75. The molecule has 144 valence electrons. The molecule has 0 spiro atoms. The number of fused-ring (bicyclic) bond motifs is 1. The van der Waals surface area contributed by atoms with Gasteiger partial charge in [0.05, 0.1) is 7.11 Å². The molecule has 0 bridgehead atoms. The van der Waals surface area contributed by atoms with E-state index in [1.54, 1.807) is 18.3 Å². The van der Waals surface area contributed by atoms with Crippen LogP contribution < -0.4 is 5.32 Å². The Bertz CT molecular complexity index is 1050. The molecule has 1 atom stereocenters. The standard InChI is InChI=1S/C21H18BrFN2O3/c1-28-21(27)19(11-14-12-24-18-5-3-2-4-16(14)18)25-20(26)9-6-13-10-15(22)7-8-17(13)23/h2-10,12,19,24H,11H2,1H3,(H,25,26)/b9-6+. The third-order valence-electron chi connectivity index (χ3n) is 4.27. The number of aromatic amines is 1. The van der Waals surface area contributed by atoms with Crippen LogP contribution in [0.2, 0.25) is 0 Å². The summed E-state index contributed by atoms with van der Waals surface area (Å²) in [5, 5.41) is 3.60. The summed E-state index contributed by atoms with van der Waals surface area (Å²) < 4.78 is 19.3. The number of amides is 1. The zero-order valence-corrected chi connectivity index (χ0v) is 16.6. The van der Waals surface area contributed by atoms with E-state index in [1.165, 1.54) is 25.3 Å². The van der Waals surface area contributed by atoms with Crippen molar-refractivity contribution in [3.63, 3.8) is 0 Å². The van der Waals surface area contributed by atoms with Crippen molar-refractivity contribution < 1.29 is 18.7 Å². The van der Waals surface area contributed by atoms with Crippen LogP contribution in [0, 0.1) is 5.82 Å². The van der Waals surface area contributed by atoms with Gasteiger partial charge >= 0.3 is 5.97 Å². The highest BCUT2D eigenvalue weighted by Crippen LogP contribution is 2.20. The Kier molecular flexibility index (Phi) is 6.26. The summed E-state index contributed by atoms with van der Waals surface area (Å²) in [7, 11) is 1.27. The number of para-hydroxylation sites is 1. The highest BCUT2D eigenvalue weighted by Gasteiger charge is 2.22. The van der Waals surface area contributed by atoms with Gasteiger partial charge in [-0.2, -0.15) is 0 Å². The number of ether oxygens (including phenoxy) is 1. The van der Waals surface area contributed by atoms with Crippen molar-refractivity contribution in [1.29, 1.82) is 0 Å². The predicted octanol–water partition coefficient (Wildman–Crippen LogP) is 3.98. The van der Waals surface area contributed by atoms with Gasteiger partial charge in [0.1, 0.15) is 11.9 Å². The van der Waals surface area contributed by atoms with Gasteiger partial charge in [0.25, 0.3) is 0 Å². The predicted molar refractivity (Wildman–Crippen MR) is 109 cm³/mol. The van der Waals surface area contributed by atoms with Crippen molar-refractivity contribution in [2.75, 3.05) is 7.11 Å². The van der Waals surface area contributed by atoms with E-state index in [4.69, 9.17) is 4.74 Å². The first kappa shape index (κ1) is 19.8. The van der Waals surface area contributed by atoms with Crippen LogP contribution in [0.25, 0.3) is 17.0 Å². The Morgan fingerprint density at radius 2 is 2.07 bits per heavy atom. The Hall–Kier alpha value is -2.93. The molecule has 1 unspecified atom stereocenters. The molecule has 28 heavy (non-hydrogen) atoms. The second kappa shape index (κ2) is 8.84. The van der Waals surface area contributed by atoms with E-state index in [9.17, 15) is 14.0 Å². The number of rotatable bonds is 6. The Morgan fingerprint density at radius 1 is 1.29 bits per heavy atom. The van der Waals surface area contributed by atoms with Crippen molar-refractivity contribution >= 4 is 44.8 Å². The topological polar surface area (TPSA) is 71.2 Å². The lowest BCUT2D eigenvalue weighted by Crippen LogP contribution is -2.42. The van der Waals surface area contributed by atoms with Crippen LogP contribution in [0.3, 0.4) is 0 Å². The summed E-state index contributed by atoms with van der Waals surface area (Å²) >= 11 is 3.26. The second-order valence-electron chi connectivity index (χ2n) is 6.15. The molecule has 5 nitrogen and oxygen atoms in total. The normalized spacial score (nSPS) is 12.2. The number of hydrogen-bond acceptors (Lipinski definition) is 3. The van der Waals surface area contributed by atoms with Crippen LogP contribution in [0.4, 0.5) is 4.39 Å². The molecule has 1 aromatic heterocycles. The summed E-state index contributed by atoms with van der Waals surface area (Å²) in [5.41, 5.74) is 2.08. The van der Waals surface area contributed by atoms with E-state index >= 15 is 0 Å². The fourth-order valence-corrected chi connectivity index (χ4v) is 3.26. The summed E-state index contributed by atoms with van der Waals surface area (Å²) in [4.78, 5) is 27.6. The van der Waals surface area contributed by atoms with Crippen molar-refractivity contribution in [2.24, 2.45) is 0 Å². The Morgan fingerprint density at radius 3 is 2.86 bits per heavy atom. The lowest BCUT2D eigenvalue weighted by atomic mass is 10.0. The molecule has 1 amide bonds. The zero-order chi connectivity index (χ0) is 20.1. The van der Waals surface area contributed by atoms with E-state index < -0.39 is 23.7 Å². The van der Waals surface area contributed by atoms with Gasteiger partial charge in [0.2, 0.25) is 5.91 Å². The quantitative estimate of drug-likeness (QED) is 0.446. The molecule has 0 aliphatic rings. The number of aromatic nitrogens is 1. The average Bonchev–Trinajstić information content (AvgIpc) is 3.10. The minimum absolute atomic E-state index is 0.260. The molecule has 3 rings (SSSR count). The molecule has 0 aliphatic carbocycles. The highest BCUT2D eigenvalue weighted by molar-refractivity contribution is 9.10. The molecule has 2 aromatic carbocycles. The molecule has 3 aromatic rings. The van der Waals surface area contributed by atoms with Crippen LogP contribution in [-0.2, 0) is 20.7 Å². The summed E-state index contributed by atoms with van der Waals surface area (Å²) in [5.74, 6) is -1.52. The molecule has 7 heteroatoms. The van der Waals surface area contributed by atoms with Crippen molar-refractivity contribution in [1.82, 2.24) is 10.3 Å². The first-order valence-corrected chi connectivity index (χ1v) is 9.33. The van der Waals surface area contributed by atoms with Gasteiger partial charge in [-0.05, 0) is 35.9 Å². The maximum absolute atomic E-state index is 13.8. The van der Waals surface area contributed by atoms with Crippen LogP contribution in [-0.4, -0.2) is 30.0 Å². The largest absolute Gasteiger partial charge is 0.467 e. The second-order valence-corrected chi connectivity index (χ2v) is 7.06. The Labute approximate surface area is 169 Å². The minimum Gasteiger partial charge on any atom is -0.467 e. The van der Waals surface area contributed by atoms with Crippen molar-refractivity contribution in [3.8, 4) is 0 Å². The fraction of sp³-hybridized carbons (Fsp3) is 0.143. The molecule has 1 heterocycles. The van der Waals surface area contributed by atoms with Crippen LogP contribution >= 0.6 is 15.9 Å². The van der Waals surface area contributed by atoms with Gasteiger partial charge in [-0.3, -0.25) is 4.79 Å². The third-order valence-corrected chi connectivity index (χ3v) is 4.77. The van der Waals surface area contributed by atoms with Gasteiger partial charge in [0.15, 0.2) is 0 Å². The lowest BCUT2D eigenvalue weighted by Gasteiger charge is -2.15. The van der Waals surface area contributed by atoms with Crippen LogP contribution in [0.15, 0.2) is 59.2 Å². The van der Waals surface area contributed by atoms with Gasteiger partial charge in [-0.25, -0.2) is 9.18 Å². The number of carbonyl (C=O) groups is 2. The smallest absolute Gasteiger partial charge is 0.328 e. The highest BCUT2D eigenvalue weighted by atomic mass is 79.9. The molecular formula is C21H18BrFN2O3. The van der Waals surface area contributed by atoms with Gasteiger partial charge in [0, 0.05) is 39.6 Å². The number of H-pyrrole nitrogens is 1. The third kappa shape index (κ3) is 4.67. The lowest BCUT2D eigenvalue weighted by molar-refractivity contribution is -0.144. The first-order chi connectivity index (χ1) is 13.5. The van der Waals surface area contributed by atoms with E-state index in [0.717, 1.165) is 16.5 Å². The molecule has 0 radical (unpaired) electrons. The number of carbonyl (C=O) groups excluding carboxylic acids is 2. The molecule has 0 saturated heterocycles. The zero-order valence-electron chi connectivity index (χ0n) is 15.0. The molecule has 0 aliphatic heterocycles. The summed E-state index contributed by atoms with van der Waals surface area (Å²) in [6.45, 7) is 0. The number of methoxy groups -OCH3 is 1. The average molecular weight is 445 g/mol. The first-order valence-electron chi connectivity index (χ1n) is 8.54. The van der Waals surface area contributed by atoms with Gasteiger partial charge < -0.3 is 15.0 Å². The van der Waals surface area contributed by atoms with E-state index in [0.29, 0.717) is 4.47 Å². The van der Waals surface area contributed by atoms with Gasteiger partial charge in [-0.15, -0.1) is 0 Å². The van der Waals surface area contributed by atoms with Crippen LogP contribution in [0.1, 0.15) is 11.1 Å². The summed E-state index contributed by atoms with van der Waals surface area (Å²) in [6.07, 6.45) is 4.62. The number of benzene rings is 2. The van der Waals surface area contributed by atoms with E-state index in [-0.39, 0.29) is 12.0 Å². The maximum Gasteiger partial charge on any atom is 0.328 e. The number of nitrogens with one attached hydrogen (secondary N) is 2. The molecular weight excluding hydrogens is 427 g/mol. The molecule has 0 saturated carbocycles. The monoisotopic (exact) mass is 444 g/mol.